The number of rotatable bonds is 4. The molecule has 3 aromatic rings. The van der Waals surface area contributed by atoms with Gasteiger partial charge in [-0.15, -0.1) is 0 Å². The highest BCUT2D eigenvalue weighted by Crippen LogP contribution is 2.14. The summed E-state index contributed by atoms with van der Waals surface area (Å²) in [6, 6.07) is 11.4. The van der Waals surface area contributed by atoms with Crippen LogP contribution < -0.4 is 10.3 Å². The first kappa shape index (κ1) is 13.3. The molecule has 0 saturated carbocycles. The van der Waals surface area contributed by atoms with Gasteiger partial charge in [-0.25, -0.2) is 0 Å². The Morgan fingerprint density at radius 1 is 1.19 bits per heavy atom. The lowest BCUT2D eigenvalue weighted by Gasteiger charge is -2.13. The minimum atomic E-state index is -0.104. The van der Waals surface area contributed by atoms with Crippen molar-refractivity contribution in [1.29, 1.82) is 0 Å². The fraction of sp³-hybridized carbons (Fsp3) is 0.188. The molecule has 0 atom stereocenters. The Bertz CT molecular complexity index is 813. The maximum absolute atomic E-state index is 12.7. The van der Waals surface area contributed by atoms with Crippen LogP contribution in [0.4, 0.5) is 0 Å². The molecule has 0 radical (unpaired) electrons. The number of fused-ring (bicyclic) bond motifs is 1. The molecule has 0 amide bonds. The van der Waals surface area contributed by atoms with Crippen LogP contribution in [0.25, 0.3) is 10.9 Å². The molecule has 0 aliphatic rings. The zero-order valence-corrected chi connectivity index (χ0v) is 11.7. The van der Waals surface area contributed by atoms with E-state index >= 15 is 0 Å². The molecular weight excluding hydrogens is 266 g/mol. The lowest BCUT2D eigenvalue weighted by Crippen LogP contribution is -2.24. The molecule has 5 nitrogen and oxygen atoms in total. The second-order valence-corrected chi connectivity index (χ2v) is 4.60. The second-order valence-electron chi connectivity index (χ2n) is 4.60. The predicted molar refractivity (Wildman–Crippen MR) is 80.5 cm³/mol. The van der Waals surface area contributed by atoms with E-state index in [4.69, 9.17) is 4.74 Å². The summed E-state index contributed by atoms with van der Waals surface area (Å²) in [6.07, 6.45) is 3.44. The molecule has 0 N–H and O–H groups in total. The van der Waals surface area contributed by atoms with E-state index in [0.29, 0.717) is 30.1 Å². The van der Waals surface area contributed by atoms with Crippen LogP contribution in [0.1, 0.15) is 12.5 Å². The minimum Gasteiger partial charge on any atom is -0.465 e. The Morgan fingerprint density at radius 2 is 2.05 bits per heavy atom. The first-order valence-corrected chi connectivity index (χ1v) is 6.81. The number of para-hydroxylation sites is 1. The van der Waals surface area contributed by atoms with E-state index in [-0.39, 0.29) is 5.56 Å². The average Bonchev–Trinajstić information content (AvgIpc) is 2.52. The molecule has 2 heterocycles. The third-order valence-electron chi connectivity index (χ3n) is 3.16. The van der Waals surface area contributed by atoms with Crippen LogP contribution in [0.3, 0.4) is 0 Å². The van der Waals surface area contributed by atoms with Crippen LogP contribution in [-0.2, 0) is 6.54 Å². The zero-order valence-electron chi connectivity index (χ0n) is 11.7. The minimum absolute atomic E-state index is 0.104. The van der Waals surface area contributed by atoms with Gasteiger partial charge in [0.2, 0.25) is 0 Å². The van der Waals surface area contributed by atoms with Crippen LogP contribution >= 0.6 is 0 Å². The molecule has 5 heteroatoms. The molecule has 21 heavy (non-hydrogen) atoms. The summed E-state index contributed by atoms with van der Waals surface area (Å²) in [5, 5.41) is 0.588. The van der Waals surface area contributed by atoms with Gasteiger partial charge in [0.05, 0.1) is 24.1 Å². The largest absolute Gasteiger partial charge is 0.465 e. The number of aromatic nitrogens is 3. The van der Waals surface area contributed by atoms with Crippen LogP contribution in [0.15, 0.2) is 53.6 Å². The molecule has 2 aromatic heterocycles. The van der Waals surface area contributed by atoms with Crippen LogP contribution in [0.2, 0.25) is 0 Å². The third kappa shape index (κ3) is 2.63. The van der Waals surface area contributed by atoms with Crippen molar-refractivity contribution in [3.8, 4) is 6.01 Å². The lowest BCUT2D eigenvalue weighted by atomic mass is 10.2. The predicted octanol–water partition coefficient (Wildman–Crippen LogP) is 2.24. The second kappa shape index (κ2) is 5.75. The topological polar surface area (TPSA) is 57.0 Å². The monoisotopic (exact) mass is 281 g/mol. The first-order valence-electron chi connectivity index (χ1n) is 6.81. The lowest BCUT2D eigenvalue weighted by molar-refractivity contribution is 0.293. The van der Waals surface area contributed by atoms with Crippen molar-refractivity contribution in [2.24, 2.45) is 0 Å². The highest BCUT2D eigenvalue weighted by Gasteiger charge is 2.12. The van der Waals surface area contributed by atoms with Gasteiger partial charge in [-0.05, 0) is 30.7 Å². The van der Waals surface area contributed by atoms with Crippen molar-refractivity contribution in [3.63, 3.8) is 0 Å². The van der Waals surface area contributed by atoms with Crippen molar-refractivity contribution < 1.29 is 4.74 Å². The van der Waals surface area contributed by atoms with Crippen molar-refractivity contribution in [1.82, 2.24) is 14.5 Å². The highest BCUT2D eigenvalue weighted by molar-refractivity contribution is 5.77. The number of hydrogen-bond acceptors (Lipinski definition) is 4. The normalized spacial score (nSPS) is 10.7. The highest BCUT2D eigenvalue weighted by atomic mass is 16.5. The summed E-state index contributed by atoms with van der Waals surface area (Å²) < 4.78 is 7.07. The summed E-state index contributed by atoms with van der Waals surface area (Å²) in [7, 11) is 0. The Balaban J connectivity index is 2.17. The van der Waals surface area contributed by atoms with Crippen LogP contribution in [0, 0.1) is 0 Å². The Kier molecular flexibility index (Phi) is 3.64. The fourth-order valence-corrected chi connectivity index (χ4v) is 2.20. The van der Waals surface area contributed by atoms with Gasteiger partial charge >= 0.3 is 0 Å². The molecule has 0 spiro atoms. The molecule has 0 fully saturated rings. The zero-order chi connectivity index (χ0) is 14.7. The van der Waals surface area contributed by atoms with E-state index < -0.39 is 0 Å². The Hall–Kier alpha value is -2.69. The molecule has 0 bridgehead atoms. The van der Waals surface area contributed by atoms with E-state index in [1.54, 1.807) is 23.0 Å². The van der Waals surface area contributed by atoms with Crippen molar-refractivity contribution in [2.75, 3.05) is 6.61 Å². The number of ether oxygens (including phenoxy) is 1. The number of benzene rings is 1. The third-order valence-corrected chi connectivity index (χ3v) is 3.16. The smallest absolute Gasteiger partial charge is 0.300 e. The maximum atomic E-state index is 12.7. The van der Waals surface area contributed by atoms with Gasteiger partial charge in [0.15, 0.2) is 0 Å². The van der Waals surface area contributed by atoms with Crippen molar-refractivity contribution in [3.05, 3.63) is 64.7 Å². The summed E-state index contributed by atoms with van der Waals surface area (Å²) in [5.74, 6) is 0. The van der Waals surface area contributed by atoms with Gasteiger partial charge < -0.3 is 4.74 Å². The molecule has 106 valence electrons. The number of nitrogens with zero attached hydrogens (tertiary/aromatic N) is 3. The number of hydrogen-bond donors (Lipinski definition) is 0. The molecule has 0 saturated heterocycles. The van der Waals surface area contributed by atoms with Gasteiger partial charge in [-0.3, -0.25) is 14.3 Å². The van der Waals surface area contributed by atoms with Crippen molar-refractivity contribution >= 4 is 10.9 Å². The van der Waals surface area contributed by atoms with E-state index in [2.05, 4.69) is 9.97 Å². The Labute approximate surface area is 121 Å². The molecule has 0 aliphatic heterocycles. The fourth-order valence-electron chi connectivity index (χ4n) is 2.20. The molecule has 0 aliphatic carbocycles. The number of pyridine rings is 1. The van der Waals surface area contributed by atoms with Gasteiger partial charge in [-0.2, -0.15) is 4.98 Å². The maximum Gasteiger partial charge on any atom is 0.300 e. The van der Waals surface area contributed by atoms with E-state index in [1.807, 2.05) is 37.3 Å². The first-order chi connectivity index (χ1) is 10.3. The SMILES string of the molecule is CCOc1nc2ccccc2c(=O)n1Cc1cccnc1. The average molecular weight is 281 g/mol. The van der Waals surface area contributed by atoms with E-state index in [1.165, 1.54) is 0 Å². The summed E-state index contributed by atoms with van der Waals surface area (Å²) in [6.45, 7) is 2.72. The summed E-state index contributed by atoms with van der Waals surface area (Å²) in [5.41, 5.74) is 1.47. The Morgan fingerprint density at radius 3 is 2.81 bits per heavy atom. The molecule has 3 rings (SSSR count). The molecule has 1 aromatic carbocycles. The standard InChI is InChI=1S/C16H15N3O2/c1-2-21-16-18-14-8-4-3-7-13(14)15(20)19(16)11-12-6-5-9-17-10-12/h3-10H,2,11H2,1H3. The van der Waals surface area contributed by atoms with Gasteiger partial charge in [0.25, 0.3) is 11.6 Å². The van der Waals surface area contributed by atoms with Crippen LogP contribution in [0.5, 0.6) is 6.01 Å². The van der Waals surface area contributed by atoms with E-state index in [0.717, 1.165) is 5.56 Å². The van der Waals surface area contributed by atoms with Crippen molar-refractivity contribution in [2.45, 2.75) is 13.5 Å². The van der Waals surface area contributed by atoms with E-state index in [9.17, 15) is 4.79 Å². The van der Waals surface area contributed by atoms with Gasteiger partial charge in [0, 0.05) is 12.4 Å². The molecule has 0 unspecified atom stereocenters. The molecular formula is C16H15N3O2. The van der Waals surface area contributed by atoms with Gasteiger partial charge in [-0.1, -0.05) is 18.2 Å². The summed E-state index contributed by atoms with van der Waals surface area (Å²) in [4.78, 5) is 21.2. The summed E-state index contributed by atoms with van der Waals surface area (Å²) >= 11 is 0. The van der Waals surface area contributed by atoms with Crippen LogP contribution in [-0.4, -0.2) is 21.1 Å². The van der Waals surface area contributed by atoms with Gasteiger partial charge in [0.1, 0.15) is 0 Å². The quantitative estimate of drug-likeness (QED) is 0.736.